The highest BCUT2D eigenvalue weighted by molar-refractivity contribution is 7.17. The number of methoxy groups -OCH3 is 1. The van der Waals surface area contributed by atoms with E-state index in [1.807, 2.05) is 26.0 Å². The van der Waals surface area contributed by atoms with Gasteiger partial charge in [0.05, 0.1) is 24.0 Å². The molecule has 1 aliphatic rings. The van der Waals surface area contributed by atoms with E-state index < -0.39 is 0 Å². The number of thiophene rings is 1. The minimum Gasteiger partial charge on any atom is -0.495 e. The molecule has 18 heavy (non-hydrogen) atoms. The molecule has 1 aromatic carbocycles. The molecule has 3 nitrogen and oxygen atoms in total. The molecular formula is C13H15BO3S. The van der Waals surface area contributed by atoms with Gasteiger partial charge in [-0.15, -0.1) is 11.3 Å². The van der Waals surface area contributed by atoms with Crippen LogP contribution in [-0.2, 0) is 9.31 Å². The van der Waals surface area contributed by atoms with Crippen LogP contribution >= 0.6 is 11.3 Å². The molecule has 1 aromatic heterocycles. The average Bonchev–Trinajstić information content (AvgIpc) is 2.96. The summed E-state index contributed by atoms with van der Waals surface area (Å²) in [6, 6.07) is 6.11. The summed E-state index contributed by atoms with van der Waals surface area (Å²) in [5, 5.41) is 3.23. The summed E-state index contributed by atoms with van der Waals surface area (Å²) >= 11 is 1.68. The third kappa shape index (κ3) is 1.83. The first-order chi connectivity index (χ1) is 8.70. The molecule has 0 bridgehead atoms. The van der Waals surface area contributed by atoms with Gasteiger partial charge in [0.25, 0.3) is 0 Å². The second-order valence-corrected chi connectivity index (χ2v) is 5.45. The molecule has 0 saturated carbocycles. The second-order valence-electron chi connectivity index (χ2n) is 4.53. The van der Waals surface area contributed by atoms with Crippen molar-refractivity contribution in [2.24, 2.45) is 0 Å². The van der Waals surface area contributed by atoms with Crippen LogP contribution in [0.2, 0.25) is 0 Å². The van der Waals surface area contributed by atoms with Gasteiger partial charge in [-0.3, -0.25) is 0 Å². The maximum atomic E-state index is 5.85. The molecule has 2 heterocycles. The van der Waals surface area contributed by atoms with Gasteiger partial charge in [0.15, 0.2) is 0 Å². The third-order valence-electron chi connectivity index (χ3n) is 3.43. The van der Waals surface area contributed by atoms with E-state index in [-0.39, 0.29) is 19.3 Å². The third-order valence-corrected chi connectivity index (χ3v) is 4.35. The van der Waals surface area contributed by atoms with E-state index >= 15 is 0 Å². The maximum Gasteiger partial charge on any atom is 0.495 e. The molecule has 0 N–H and O–H groups in total. The summed E-state index contributed by atoms with van der Waals surface area (Å²) in [4.78, 5) is 0. The van der Waals surface area contributed by atoms with Crippen LogP contribution in [0.15, 0.2) is 23.6 Å². The Morgan fingerprint density at radius 2 is 1.89 bits per heavy atom. The zero-order valence-corrected chi connectivity index (χ0v) is 11.5. The van der Waals surface area contributed by atoms with Crippen LogP contribution in [0, 0.1) is 0 Å². The molecule has 1 fully saturated rings. The normalized spacial score (nSPS) is 23.8. The van der Waals surface area contributed by atoms with Crippen molar-refractivity contribution in [3.05, 3.63) is 23.6 Å². The van der Waals surface area contributed by atoms with E-state index in [2.05, 4.69) is 11.4 Å². The summed E-state index contributed by atoms with van der Waals surface area (Å²) < 4.78 is 18.2. The van der Waals surface area contributed by atoms with Gasteiger partial charge < -0.3 is 14.0 Å². The Hall–Kier alpha value is -1.04. The number of hydrogen-bond acceptors (Lipinski definition) is 4. The zero-order valence-electron chi connectivity index (χ0n) is 10.7. The fraction of sp³-hybridized carbons (Fsp3) is 0.385. The maximum absolute atomic E-state index is 5.85. The first-order valence-electron chi connectivity index (χ1n) is 6.05. The van der Waals surface area contributed by atoms with Crippen LogP contribution in [0.25, 0.3) is 10.1 Å². The molecule has 2 unspecified atom stereocenters. The van der Waals surface area contributed by atoms with Crippen molar-refractivity contribution in [1.82, 2.24) is 0 Å². The van der Waals surface area contributed by atoms with Gasteiger partial charge in [0.1, 0.15) is 5.75 Å². The molecule has 1 aliphatic heterocycles. The quantitative estimate of drug-likeness (QED) is 0.778. The van der Waals surface area contributed by atoms with Crippen LogP contribution in [0.1, 0.15) is 13.8 Å². The van der Waals surface area contributed by atoms with Gasteiger partial charge in [-0.2, -0.15) is 0 Å². The van der Waals surface area contributed by atoms with Crippen molar-refractivity contribution < 1.29 is 14.0 Å². The van der Waals surface area contributed by atoms with Crippen molar-refractivity contribution in [2.45, 2.75) is 26.1 Å². The minimum atomic E-state index is -0.266. The number of rotatable bonds is 2. The van der Waals surface area contributed by atoms with Gasteiger partial charge in [-0.1, -0.05) is 6.07 Å². The summed E-state index contributed by atoms with van der Waals surface area (Å²) in [6.07, 6.45) is 0.261. The van der Waals surface area contributed by atoms with E-state index in [1.54, 1.807) is 18.4 Å². The molecule has 0 aliphatic carbocycles. The van der Waals surface area contributed by atoms with E-state index in [9.17, 15) is 0 Å². The molecule has 5 heteroatoms. The summed E-state index contributed by atoms with van der Waals surface area (Å²) in [5.41, 5.74) is 1.09. The highest BCUT2D eigenvalue weighted by Crippen LogP contribution is 2.30. The lowest BCUT2D eigenvalue weighted by atomic mass is 9.77. The fourth-order valence-corrected chi connectivity index (χ4v) is 3.14. The number of hydrogen-bond donors (Lipinski definition) is 0. The van der Waals surface area contributed by atoms with E-state index in [0.717, 1.165) is 21.3 Å². The van der Waals surface area contributed by atoms with Crippen LogP contribution < -0.4 is 10.2 Å². The number of fused-ring (bicyclic) bond motifs is 1. The Bertz CT molecular complexity index is 558. The summed E-state index contributed by atoms with van der Waals surface area (Å²) in [5.74, 6) is 0.905. The molecule has 2 atom stereocenters. The van der Waals surface area contributed by atoms with Crippen molar-refractivity contribution in [3.63, 3.8) is 0 Å². The number of benzene rings is 1. The molecule has 0 spiro atoms. The van der Waals surface area contributed by atoms with Crippen molar-refractivity contribution in [1.29, 1.82) is 0 Å². The van der Waals surface area contributed by atoms with Gasteiger partial charge >= 0.3 is 7.12 Å². The van der Waals surface area contributed by atoms with Crippen molar-refractivity contribution in [2.75, 3.05) is 7.11 Å². The molecule has 0 radical (unpaired) electrons. The molecule has 0 amide bonds. The molecular weight excluding hydrogens is 247 g/mol. The Kier molecular flexibility index (Phi) is 3.05. The smallest absolute Gasteiger partial charge is 0.495 e. The zero-order chi connectivity index (χ0) is 12.7. The van der Waals surface area contributed by atoms with Crippen LogP contribution in [0.4, 0.5) is 0 Å². The highest BCUT2D eigenvalue weighted by atomic mass is 32.1. The van der Waals surface area contributed by atoms with Gasteiger partial charge in [-0.25, -0.2) is 0 Å². The molecule has 3 rings (SSSR count). The molecule has 2 aromatic rings. The SMILES string of the molecule is COc1ccc(B2OC(C)C(C)O2)c2ccsc12. The fourth-order valence-electron chi connectivity index (χ4n) is 2.21. The second kappa shape index (κ2) is 4.57. The monoisotopic (exact) mass is 262 g/mol. The predicted octanol–water partition coefficient (Wildman–Crippen LogP) is 2.43. The Morgan fingerprint density at radius 3 is 2.56 bits per heavy atom. The standard InChI is InChI=1S/C13H15BO3S/c1-8-9(2)17-14(16-8)11-4-5-12(15-3)13-10(11)6-7-18-13/h4-9H,1-3H3. The molecule has 1 saturated heterocycles. The average molecular weight is 262 g/mol. The van der Waals surface area contributed by atoms with Crippen LogP contribution in [-0.4, -0.2) is 26.4 Å². The Labute approximate surface area is 111 Å². The van der Waals surface area contributed by atoms with E-state index in [1.165, 1.54) is 0 Å². The van der Waals surface area contributed by atoms with Crippen LogP contribution in [0.5, 0.6) is 5.75 Å². The summed E-state index contributed by atoms with van der Waals surface area (Å²) in [7, 11) is 1.43. The van der Waals surface area contributed by atoms with Crippen molar-refractivity contribution >= 4 is 34.0 Å². The van der Waals surface area contributed by atoms with Gasteiger partial charge in [0, 0.05) is 0 Å². The lowest BCUT2D eigenvalue weighted by Gasteiger charge is -2.09. The van der Waals surface area contributed by atoms with Gasteiger partial charge in [0.2, 0.25) is 0 Å². The van der Waals surface area contributed by atoms with E-state index in [0.29, 0.717) is 0 Å². The van der Waals surface area contributed by atoms with Crippen molar-refractivity contribution in [3.8, 4) is 5.75 Å². The topological polar surface area (TPSA) is 27.7 Å². The van der Waals surface area contributed by atoms with Gasteiger partial charge in [-0.05, 0) is 42.2 Å². The summed E-state index contributed by atoms with van der Waals surface area (Å²) in [6.45, 7) is 4.08. The predicted molar refractivity (Wildman–Crippen MR) is 74.9 cm³/mol. The number of ether oxygens (including phenoxy) is 1. The first kappa shape index (κ1) is 12.0. The Balaban J connectivity index is 2.05. The van der Waals surface area contributed by atoms with E-state index in [4.69, 9.17) is 14.0 Å². The highest BCUT2D eigenvalue weighted by Gasteiger charge is 2.37. The lowest BCUT2D eigenvalue weighted by molar-refractivity contribution is 0.187. The first-order valence-corrected chi connectivity index (χ1v) is 6.93. The Morgan fingerprint density at radius 1 is 1.17 bits per heavy atom. The minimum absolute atomic E-state index is 0.130. The largest absolute Gasteiger partial charge is 0.495 e. The van der Waals surface area contributed by atoms with Crippen LogP contribution in [0.3, 0.4) is 0 Å². The lowest BCUT2D eigenvalue weighted by Crippen LogP contribution is -2.32. The molecule has 94 valence electrons.